The van der Waals surface area contributed by atoms with Gasteiger partial charge >= 0.3 is 0 Å². The second-order valence-electron chi connectivity index (χ2n) is 3.87. The van der Waals surface area contributed by atoms with E-state index in [0.717, 1.165) is 23.0 Å². The van der Waals surface area contributed by atoms with Crippen molar-refractivity contribution in [1.82, 2.24) is 10.3 Å². The Labute approximate surface area is 103 Å². The van der Waals surface area contributed by atoms with Crippen LogP contribution in [0, 0.1) is 0 Å². The van der Waals surface area contributed by atoms with Gasteiger partial charge in [0, 0.05) is 31.4 Å². The molecule has 2 N–H and O–H groups in total. The van der Waals surface area contributed by atoms with Crippen molar-refractivity contribution < 1.29 is 4.79 Å². The van der Waals surface area contributed by atoms with E-state index in [9.17, 15) is 4.79 Å². The van der Waals surface area contributed by atoms with Gasteiger partial charge in [-0.2, -0.15) is 0 Å². The van der Waals surface area contributed by atoms with Crippen molar-refractivity contribution in [3.8, 4) is 0 Å². The maximum absolute atomic E-state index is 11.4. The largest absolute Gasteiger partial charge is 0.384 e. The van der Waals surface area contributed by atoms with Gasteiger partial charge in [-0.1, -0.05) is 0 Å². The topological polar surface area (TPSA) is 54.0 Å². The summed E-state index contributed by atoms with van der Waals surface area (Å²) in [6.45, 7) is 0.640. The zero-order valence-electron chi connectivity index (χ0n) is 8.87. The number of anilines is 1. The van der Waals surface area contributed by atoms with Crippen LogP contribution in [0.3, 0.4) is 0 Å². The lowest BCUT2D eigenvalue weighted by Gasteiger charge is -2.07. The Morgan fingerprint density at radius 3 is 3.06 bits per heavy atom. The van der Waals surface area contributed by atoms with Gasteiger partial charge in [-0.25, -0.2) is 0 Å². The zero-order valence-corrected chi connectivity index (χ0v) is 10.5. The summed E-state index contributed by atoms with van der Waals surface area (Å²) in [5.74, 6) is 0.125. The molecule has 0 unspecified atom stereocenters. The van der Waals surface area contributed by atoms with Gasteiger partial charge in [0.2, 0.25) is 5.91 Å². The highest BCUT2D eigenvalue weighted by molar-refractivity contribution is 9.10. The van der Waals surface area contributed by atoms with E-state index in [2.05, 4.69) is 31.5 Å². The summed E-state index contributed by atoms with van der Waals surface area (Å²) in [6, 6.07) is 2.32. The average Bonchev–Trinajstić information content (AvgIpc) is 3.05. The normalized spacial score (nSPS) is 14.6. The van der Waals surface area contributed by atoms with Crippen LogP contribution in [0.25, 0.3) is 0 Å². The Bertz CT molecular complexity index is 379. The van der Waals surface area contributed by atoms with Crippen molar-refractivity contribution in [3.05, 3.63) is 22.9 Å². The number of nitrogens with one attached hydrogen (secondary N) is 2. The molecule has 16 heavy (non-hydrogen) atoms. The van der Waals surface area contributed by atoms with Crippen molar-refractivity contribution in [1.29, 1.82) is 0 Å². The van der Waals surface area contributed by atoms with Crippen molar-refractivity contribution >= 4 is 27.5 Å². The Morgan fingerprint density at radius 1 is 1.56 bits per heavy atom. The van der Waals surface area contributed by atoms with Crippen LogP contribution in [-0.4, -0.2) is 23.5 Å². The van der Waals surface area contributed by atoms with Gasteiger partial charge in [0.1, 0.15) is 0 Å². The molecule has 0 aliphatic heterocycles. The van der Waals surface area contributed by atoms with E-state index in [-0.39, 0.29) is 5.91 Å². The van der Waals surface area contributed by atoms with E-state index in [1.807, 2.05) is 6.07 Å². The Kier molecular flexibility index (Phi) is 3.77. The smallest absolute Gasteiger partial charge is 0.221 e. The fraction of sp³-hybridized carbons (Fsp3) is 0.455. The van der Waals surface area contributed by atoms with Crippen molar-refractivity contribution in [2.45, 2.75) is 25.3 Å². The van der Waals surface area contributed by atoms with Gasteiger partial charge < -0.3 is 10.6 Å². The molecule has 1 saturated carbocycles. The van der Waals surface area contributed by atoms with E-state index >= 15 is 0 Å². The van der Waals surface area contributed by atoms with Gasteiger partial charge in [-0.05, 0) is 34.8 Å². The maximum Gasteiger partial charge on any atom is 0.221 e. The van der Waals surface area contributed by atoms with Crippen LogP contribution in [-0.2, 0) is 4.79 Å². The summed E-state index contributed by atoms with van der Waals surface area (Å²) in [4.78, 5) is 15.4. The van der Waals surface area contributed by atoms with Crippen LogP contribution in [0.1, 0.15) is 19.3 Å². The number of aromatic nitrogens is 1. The third-order valence-corrected chi connectivity index (χ3v) is 3.01. The van der Waals surface area contributed by atoms with E-state index in [0.29, 0.717) is 19.0 Å². The molecule has 1 aromatic heterocycles. The van der Waals surface area contributed by atoms with Crippen LogP contribution in [0.4, 0.5) is 5.69 Å². The molecule has 1 heterocycles. The summed E-state index contributed by atoms with van der Waals surface area (Å²) in [6.07, 6.45) is 6.22. The fourth-order valence-corrected chi connectivity index (χ4v) is 1.75. The number of amides is 1. The third-order valence-electron chi connectivity index (χ3n) is 2.38. The fourth-order valence-electron chi connectivity index (χ4n) is 1.36. The molecule has 1 aliphatic rings. The number of nitrogens with zero attached hydrogens (tertiary/aromatic N) is 1. The molecule has 1 aromatic rings. The third kappa shape index (κ3) is 3.48. The number of rotatable bonds is 5. The predicted molar refractivity (Wildman–Crippen MR) is 66.2 cm³/mol. The maximum atomic E-state index is 11.4. The van der Waals surface area contributed by atoms with E-state index in [1.54, 1.807) is 12.4 Å². The van der Waals surface area contributed by atoms with Crippen molar-refractivity contribution in [2.75, 3.05) is 11.9 Å². The van der Waals surface area contributed by atoms with Gasteiger partial charge in [0.15, 0.2) is 0 Å². The molecule has 86 valence electrons. The molecule has 1 fully saturated rings. The van der Waals surface area contributed by atoms with E-state index < -0.39 is 0 Å². The number of hydrogen-bond donors (Lipinski definition) is 2. The summed E-state index contributed by atoms with van der Waals surface area (Å²) >= 11 is 3.39. The second kappa shape index (κ2) is 5.30. The molecule has 0 aromatic carbocycles. The van der Waals surface area contributed by atoms with E-state index in [1.165, 1.54) is 0 Å². The molecule has 0 radical (unpaired) electrons. The zero-order chi connectivity index (χ0) is 11.4. The predicted octanol–water partition coefficient (Wildman–Crippen LogP) is 1.92. The highest BCUT2D eigenvalue weighted by atomic mass is 79.9. The van der Waals surface area contributed by atoms with Crippen LogP contribution >= 0.6 is 15.9 Å². The first-order valence-electron chi connectivity index (χ1n) is 5.38. The summed E-state index contributed by atoms with van der Waals surface area (Å²) in [5.41, 5.74) is 0.967. The SMILES string of the molecule is O=C(CCNc1ccncc1Br)NC1CC1. The molecule has 2 rings (SSSR count). The Morgan fingerprint density at radius 2 is 2.38 bits per heavy atom. The molecule has 5 heteroatoms. The minimum Gasteiger partial charge on any atom is -0.384 e. The first kappa shape index (κ1) is 11.4. The first-order valence-corrected chi connectivity index (χ1v) is 6.18. The van der Waals surface area contributed by atoms with E-state index in [4.69, 9.17) is 0 Å². The average molecular weight is 284 g/mol. The van der Waals surface area contributed by atoms with Gasteiger partial charge in [0.25, 0.3) is 0 Å². The van der Waals surface area contributed by atoms with Crippen LogP contribution in [0.2, 0.25) is 0 Å². The molecule has 0 atom stereocenters. The number of carbonyl (C=O) groups is 1. The number of pyridine rings is 1. The highest BCUT2D eigenvalue weighted by Crippen LogP contribution is 2.20. The lowest BCUT2D eigenvalue weighted by molar-refractivity contribution is -0.120. The summed E-state index contributed by atoms with van der Waals surface area (Å²) < 4.78 is 0.914. The molecule has 0 saturated heterocycles. The Hall–Kier alpha value is -1.10. The van der Waals surface area contributed by atoms with Crippen LogP contribution in [0.5, 0.6) is 0 Å². The lowest BCUT2D eigenvalue weighted by atomic mass is 10.3. The quantitative estimate of drug-likeness (QED) is 0.868. The molecule has 0 spiro atoms. The van der Waals surface area contributed by atoms with Crippen LogP contribution in [0.15, 0.2) is 22.9 Å². The van der Waals surface area contributed by atoms with Crippen LogP contribution < -0.4 is 10.6 Å². The molecule has 0 bridgehead atoms. The number of carbonyl (C=O) groups excluding carboxylic acids is 1. The van der Waals surface area contributed by atoms with Crippen molar-refractivity contribution in [2.24, 2.45) is 0 Å². The minimum absolute atomic E-state index is 0.125. The molecule has 4 nitrogen and oxygen atoms in total. The molecular weight excluding hydrogens is 270 g/mol. The first-order chi connectivity index (χ1) is 7.75. The number of hydrogen-bond acceptors (Lipinski definition) is 3. The lowest BCUT2D eigenvalue weighted by Crippen LogP contribution is -2.27. The van der Waals surface area contributed by atoms with Crippen molar-refractivity contribution in [3.63, 3.8) is 0 Å². The summed E-state index contributed by atoms with van der Waals surface area (Å²) in [7, 11) is 0. The second-order valence-corrected chi connectivity index (χ2v) is 4.73. The Balaban J connectivity index is 1.70. The molecule has 1 amide bonds. The highest BCUT2D eigenvalue weighted by Gasteiger charge is 2.22. The minimum atomic E-state index is 0.125. The monoisotopic (exact) mass is 283 g/mol. The van der Waals surface area contributed by atoms with Gasteiger partial charge in [-0.3, -0.25) is 9.78 Å². The van der Waals surface area contributed by atoms with Gasteiger partial charge in [0.05, 0.1) is 10.2 Å². The summed E-state index contributed by atoms with van der Waals surface area (Å²) in [5, 5.41) is 6.14. The standard InChI is InChI=1S/C11H14BrN3O/c12-9-7-13-5-3-10(9)14-6-4-11(16)15-8-1-2-8/h3,5,7-8H,1-2,4,6H2,(H,13,14)(H,15,16). The number of halogens is 1. The van der Waals surface area contributed by atoms with Gasteiger partial charge in [-0.15, -0.1) is 0 Å². The molecular formula is C11H14BrN3O. The molecule has 1 aliphatic carbocycles.